The van der Waals surface area contributed by atoms with Gasteiger partial charge in [0.25, 0.3) is 0 Å². The Morgan fingerprint density at radius 2 is 2.26 bits per heavy atom. The predicted octanol–water partition coefficient (Wildman–Crippen LogP) is 1.47. The van der Waals surface area contributed by atoms with E-state index >= 15 is 0 Å². The van der Waals surface area contributed by atoms with Crippen LogP contribution < -0.4 is 0 Å². The van der Waals surface area contributed by atoms with E-state index in [0.29, 0.717) is 13.2 Å². The number of rotatable bonds is 3. The third-order valence-electron chi connectivity index (χ3n) is 3.43. The van der Waals surface area contributed by atoms with E-state index in [4.69, 9.17) is 4.74 Å². The van der Waals surface area contributed by atoms with Crippen LogP contribution in [0.1, 0.15) is 17.3 Å². The van der Waals surface area contributed by atoms with Crippen molar-refractivity contribution in [2.75, 3.05) is 13.2 Å². The fraction of sp³-hybridized carbons (Fsp3) is 0.385. The molecule has 1 aliphatic rings. The number of aliphatic hydroxyl groups is 1. The van der Waals surface area contributed by atoms with Gasteiger partial charge in [-0.25, -0.2) is 0 Å². The fourth-order valence-corrected chi connectivity index (χ4v) is 2.83. The Morgan fingerprint density at radius 3 is 2.79 bits per heavy atom. The van der Waals surface area contributed by atoms with Crippen molar-refractivity contribution in [3.63, 3.8) is 0 Å². The van der Waals surface area contributed by atoms with Crippen molar-refractivity contribution in [1.29, 1.82) is 0 Å². The minimum absolute atomic E-state index is 0.244. The molecule has 6 heteroatoms. The monoisotopic (exact) mass is 323 g/mol. The standard InChI is InChI=1S/C13H14BrN3O2/c1-17-8-15-16-12(17)11(13(18)6-19-7-13)9-3-2-4-10(14)5-9/h2-5,8,11,18H,6-7H2,1H3. The van der Waals surface area contributed by atoms with Gasteiger partial charge in [-0.1, -0.05) is 28.1 Å². The van der Waals surface area contributed by atoms with Gasteiger partial charge in [-0.2, -0.15) is 0 Å². The van der Waals surface area contributed by atoms with Crippen LogP contribution in [0, 0.1) is 0 Å². The highest BCUT2D eigenvalue weighted by atomic mass is 79.9. The number of aromatic nitrogens is 3. The average molecular weight is 324 g/mol. The first-order chi connectivity index (χ1) is 9.10. The van der Waals surface area contributed by atoms with Crippen molar-refractivity contribution in [2.24, 2.45) is 7.05 Å². The minimum Gasteiger partial charge on any atom is -0.384 e. The number of nitrogens with zero attached hydrogens (tertiary/aromatic N) is 3. The van der Waals surface area contributed by atoms with Gasteiger partial charge in [0.15, 0.2) is 0 Å². The van der Waals surface area contributed by atoms with Crippen molar-refractivity contribution >= 4 is 15.9 Å². The molecule has 2 aromatic rings. The molecule has 0 spiro atoms. The van der Waals surface area contributed by atoms with Crippen LogP contribution in [0.4, 0.5) is 0 Å². The quantitative estimate of drug-likeness (QED) is 0.929. The molecule has 100 valence electrons. The van der Waals surface area contributed by atoms with Crippen molar-refractivity contribution in [3.05, 3.63) is 46.5 Å². The summed E-state index contributed by atoms with van der Waals surface area (Å²) in [6.07, 6.45) is 1.64. The van der Waals surface area contributed by atoms with Gasteiger partial charge < -0.3 is 14.4 Å². The second kappa shape index (κ2) is 4.70. The Kier molecular flexibility index (Phi) is 3.16. The highest BCUT2D eigenvalue weighted by Gasteiger charge is 2.47. The maximum absolute atomic E-state index is 10.7. The van der Waals surface area contributed by atoms with Gasteiger partial charge in [-0.15, -0.1) is 10.2 Å². The summed E-state index contributed by atoms with van der Waals surface area (Å²) in [7, 11) is 1.88. The highest BCUT2D eigenvalue weighted by molar-refractivity contribution is 9.10. The zero-order valence-electron chi connectivity index (χ0n) is 10.5. The Balaban J connectivity index is 2.09. The van der Waals surface area contributed by atoms with Gasteiger partial charge in [0.05, 0.1) is 19.1 Å². The molecule has 1 aliphatic heterocycles. The van der Waals surface area contributed by atoms with Crippen LogP contribution in [-0.4, -0.2) is 38.7 Å². The van der Waals surface area contributed by atoms with Crippen LogP contribution in [0.15, 0.2) is 35.1 Å². The van der Waals surface area contributed by atoms with Crippen molar-refractivity contribution < 1.29 is 9.84 Å². The van der Waals surface area contributed by atoms with E-state index < -0.39 is 5.60 Å². The molecule has 0 bridgehead atoms. The number of ether oxygens (including phenoxy) is 1. The maximum atomic E-state index is 10.7. The van der Waals surface area contributed by atoms with E-state index in [0.717, 1.165) is 15.9 Å². The van der Waals surface area contributed by atoms with E-state index in [-0.39, 0.29) is 5.92 Å². The molecule has 19 heavy (non-hydrogen) atoms. The summed E-state index contributed by atoms with van der Waals surface area (Å²) < 4.78 is 8.00. The van der Waals surface area contributed by atoms with E-state index in [1.54, 1.807) is 6.33 Å². The molecule has 1 fully saturated rings. The second-order valence-electron chi connectivity index (χ2n) is 4.88. The summed E-state index contributed by atoms with van der Waals surface area (Å²) in [5.41, 5.74) is 0.0815. The lowest BCUT2D eigenvalue weighted by Crippen LogP contribution is -2.54. The summed E-state index contributed by atoms with van der Waals surface area (Å²) >= 11 is 3.46. The number of halogens is 1. The zero-order chi connectivity index (χ0) is 13.5. The zero-order valence-corrected chi connectivity index (χ0v) is 12.0. The lowest BCUT2D eigenvalue weighted by Gasteiger charge is -2.42. The Morgan fingerprint density at radius 1 is 1.47 bits per heavy atom. The lowest BCUT2D eigenvalue weighted by atomic mass is 9.80. The van der Waals surface area contributed by atoms with E-state index in [1.165, 1.54) is 0 Å². The Hall–Kier alpha value is -1.24. The topological polar surface area (TPSA) is 60.2 Å². The van der Waals surface area contributed by atoms with Crippen LogP contribution >= 0.6 is 15.9 Å². The molecular weight excluding hydrogens is 310 g/mol. The number of benzene rings is 1. The molecule has 0 saturated carbocycles. The third kappa shape index (κ3) is 2.20. The first-order valence-electron chi connectivity index (χ1n) is 6.00. The summed E-state index contributed by atoms with van der Waals surface area (Å²) in [4.78, 5) is 0. The van der Waals surface area contributed by atoms with E-state index in [2.05, 4.69) is 26.1 Å². The Labute approximate surface area is 119 Å². The molecule has 1 aromatic heterocycles. The molecule has 3 rings (SSSR count). The molecular formula is C13H14BrN3O2. The van der Waals surface area contributed by atoms with Gasteiger partial charge in [-0.05, 0) is 17.7 Å². The van der Waals surface area contributed by atoms with Gasteiger partial charge in [0.1, 0.15) is 17.8 Å². The summed E-state index contributed by atoms with van der Waals surface area (Å²) in [5.74, 6) is 0.496. The molecule has 0 radical (unpaired) electrons. The van der Waals surface area contributed by atoms with Gasteiger partial charge >= 0.3 is 0 Å². The largest absolute Gasteiger partial charge is 0.384 e. The van der Waals surface area contributed by atoms with E-state index in [9.17, 15) is 5.11 Å². The summed E-state index contributed by atoms with van der Waals surface area (Å²) in [5, 5.41) is 18.8. The summed E-state index contributed by atoms with van der Waals surface area (Å²) in [6.45, 7) is 0.633. The average Bonchev–Trinajstić information content (AvgIpc) is 2.74. The Bertz CT molecular complexity index is 595. The highest BCUT2D eigenvalue weighted by Crippen LogP contribution is 2.39. The molecule has 1 atom stereocenters. The first-order valence-corrected chi connectivity index (χ1v) is 6.79. The van der Waals surface area contributed by atoms with Crippen LogP contribution in [0.5, 0.6) is 0 Å². The molecule has 1 aromatic carbocycles. The van der Waals surface area contributed by atoms with Crippen LogP contribution in [-0.2, 0) is 11.8 Å². The molecule has 1 N–H and O–H groups in total. The normalized spacial score (nSPS) is 18.9. The molecule has 1 unspecified atom stereocenters. The number of aryl methyl sites for hydroxylation is 1. The van der Waals surface area contributed by atoms with Crippen molar-refractivity contribution in [3.8, 4) is 0 Å². The van der Waals surface area contributed by atoms with Crippen LogP contribution in [0.2, 0.25) is 0 Å². The first kappa shape index (κ1) is 12.8. The van der Waals surface area contributed by atoms with Gasteiger partial charge in [0.2, 0.25) is 0 Å². The molecule has 0 aliphatic carbocycles. The maximum Gasteiger partial charge on any atom is 0.143 e. The summed E-state index contributed by atoms with van der Waals surface area (Å²) in [6, 6.07) is 7.89. The second-order valence-corrected chi connectivity index (χ2v) is 5.80. The van der Waals surface area contributed by atoms with Gasteiger partial charge in [0, 0.05) is 11.5 Å². The smallest absolute Gasteiger partial charge is 0.143 e. The molecule has 0 amide bonds. The van der Waals surface area contributed by atoms with Crippen LogP contribution in [0.25, 0.3) is 0 Å². The molecule has 5 nitrogen and oxygen atoms in total. The number of hydrogen-bond donors (Lipinski definition) is 1. The third-order valence-corrected chi connectivity index (χ3v) is 3.92. The molecule has 1 saturated heterocycles. The van der Waals surface area contributed by atoms with Crippen LogP contribution in [0.3, 0.4) is 0 Å². The predicted molar refractivity (Wildman–Crippen MR) is 72.8 cm³/mol. The lowest BCUT2D eigenvalue weighted by molar-refractivity contribution is -0.186. The molecule has 2 heterocycles. The minimum atomic E-state index is -0.915. The van der Waals surface area contributed by atoms with E-state index in [1.807, 2.05) is 35.9 Å². The van der Waals surface area contributed by atoms with Crippen molar-refractivity contribution in [1.82, 2.24) is 14.8 Å². The fourth-order valence-electron chi connectivity index (χ4n) is 2.42. The SMILES string of the molecule is Cn1cnnc1C(c1cccc(Br)c1)C1(O)COC1. The van der Waals surface area contributed by atoms with Crippen molar-refractivity contribution in [2.45, 2.75) is 11.5 Å². The van der Waals surface area contributed by atoms with Gasteiger partial charge in [-0.3, -0.25) is 0 Å². The number of hydrogen-bond acceptors (Lipinski definition) is 4.